The first-order valence-corrected chi connectivity index (χ1v) is 6.94. The van der Waals surface area contributed by atoms with Crippen molar-refractivity contribution in [3.05, 3.63) is 46.0 Å². The van der Waals surface area contributed by atoms with Gasteiger partial charge < -0.3 is 25.2 Å². The van der Waals surface area contributed by atoms with E-state index in [4.69, 9.17) is 9.84 Å². The number of carbonyl (C=O) groups is 2. The first kappa shape index (κ1) is 17.1. The first-order valence-electron chi connectivity index (χ1n) is 6.94. The SMILES string of the molecule is Cc1cc(O)cc(O)c1C(=O)Oc1cc(C)c(C(=O)O)c(O)c1C. The summed E-state index contributed by atoms with van der Waals surface area (Å²) in [5.41, 5.74) is 0.211. The summed E-state index contributed by atoms with van der Waals surface area (Å²) >= 11 is 0. The highest BCUT2D eigenvalue weighted by Gasteiger charge is 2.23. The van der Waals surface area contributed by atoms with Crippen molar-refractivity contribution in [2.75, 3.05) is 0 Å². The Morgan fingerprint density at radius 1 is 0.917 bits per heavy atom. The summed E-state index contributed by atoms with van der Waals surface area (Å²) in [6.07, 6.45) is 0. The van der Waals surface area contributed by atoms with Crippen LogP contribution in [-0.2, 0) is 0 Å². The van der Waals surface area contributed by atoms with Crippen LogP contribution in [0.1, 0.15) is 37.4 Å². The van der Waals surface area contributed by atoms with Crippen molar-refractivity contribution in [1.82, 2.24) is 0 Å². The van der Waals surface area contributed by atoms with Gasteiger partial charge in [0.05, 0.1) is 0 Å². The van der Waals surface area contributed by atoms with Crippen molar-refractivity contribution in [3.8, 4) is 23.0 Å². The van der Waals surface area contributed by atoms with Crippen molar-refractivity contribution in [2.24, 2.45) is 0 Å². The van der Waals surface area contributed by atoms with Crippen LogP contribution < -0.4 is 4.74 Å². The fraction of sp³-hybridized carbons (Fsp3) is 0.176. The van der Waals surface area contributed by atoms with E-state index in [1.54, 1.807) is 0 Å². The van der Waals surface area contributed by atoms with Gasteiger partial charge in [0.15, 0.2) is 0 Å². The zero-order chi connectivity index (χ0) is 18.2. The largest absolute Gasteiger partial charge is 0.508 e. The lowest BCUT2D eigenvalue weighted by Gasteiger charge is -2.14. The molecule has 0 spiro atoms. The molecule has 0 heterocycles. The van der Waals surface area contributed by atoms with E-state index in [0.29, 0.717) is 5.56 Å². The van der Waals surface area contributed by atoms with Gasteiger partial charge >= 0.3 is 11.9 Å². The second-order valence-corrected chi connectivity index (χ2v) is 5.39. The second-order valence-electron chi connectivity index (χ2n) is 5.39. The van der Waals surface area contributed by atoms with Gasteiger partial charge in [-0.05, 0) is 44.0 Å². The molecule has 0 atom stereocenters. The standard InChI is InChI=1S/C17H16O7/c1-7-4-10(18)6-11(19)13(7)17(23)24-12-5-8(2)14(16(21)22)15(20)9(12)3/h4-6,18-20H,1-3H3,(H,21,22). The average molecular weight is 332 g/mol. The van der Waals surface area contributed by atoms with Gasteiger partial charge in [-0.2, -0.15) is 0 Å². The van der Waals surface area contributed by atoms with Gasteiger partial charge in [-0.1, -0.05) is 0 Å². The maximum Gasteiger partial charge on any atom is 0.347 e. The fourth-order valence-corrected chi connectivity index (χ4v) is 2.41. The van der Waals surface area contributed by atoms with Crippen LogP contribution in [0.25, 0.3) is 0 Å². The monoisotopic (exact) mass is 332 g/mol. The Labute approximate surface area is 137 Å². The van der Waals surface area contributed by atoms with Crippen LogP contribution in [0.15, 0.2) is 18.2 Å². The number of phenolic OH excluding ortho intramolecular Hbond substituents is 2. The molecule has 0 aliphatic rings. The number of esters is 1. The molecule has 7 heteroatoms. The molecular formula is C17H16O7. The van der Waals surface area contributed by atoms with Crippen molar-refractivity contribution in [1.29, 1.82) is 0 Å². The Morgan fingerprint density at radius 2 is 1.50 bits per heavy atom. The van der Waals surface area contributed by atoms with E-state index < -0.39 is 23.4 Å². The van der Waals surface area contributed by atoms with Gasteiger partial charge in [0, 0.05) is 11.6 Å². The Kier molecular flexibility index (Phi) is 4.37. The van der Waals surface area contributed by atoms with E-state index in [1.165, 1.54) is 32.9 Å². The maximum absolute atomic E-state index is 12.3. The summed E-state index contributed by atoms with van der Waals surface area (Å²) in [4.78, 5) is 23.4. The van der Waals surface area contributed by atoms with Gasteiger partial charge in [-0.15, -0.1) is 0 Å². The fourth-order valence-electron chi connectivity index (χ4n) is 2.41. The molecule has 0 saturated carbocycles. The molecule has 0 amide bonds. The number of ether oxygens (including phenoxy) is 1. The zero-order valence-electron chi connectivity index (χ0n) is 13.2. The number of rotatable bonds is 3. The highest BCUT2D eigenvalue weighted by Crippen LogP contribution is 2.35. The molecule has 4 N–H and O–H groups in total. The third-order valence-corrected chi connectivity index (χ3v) is 3.62. The topological polar surface area (TPSA) is 124 Å². The normalized spacial score (nSPS) is 10.5. The summed E-state index contributed by atoms with van der Waals surface area (Å²) < 4.78 is 5.20. The highest BCUT2D eigenvalue weighted by molar-refractivity contribution is 5.97. The molecule has 0 saturated heterocycles. The van der Waals surface area contributed by atoms with Gasteiger partial charge in [-0.25, -0.2) is 9.59 Å². The molecule has 0 unspecified atom stereocenters. The number of carboxylic acids is 1. The molecule has 2 rings (SSSR count). The molecule has 24 heavy (non-hydrogen) atoms. The van der Waals surface area contributed by atoms with Crippen LogP contribution in [0.3, 0.4) is 0 Å². The van der Waals surface area contributed by atoms with E-state index in [2.05, 4.69) is 0 Å². The molecule has 7 nitrogen and oxygen atoms in total. The Bertz CT molecular complexity index is 829. The number of aromatic carboxylic acids is 1. The number of carbonyl (C=O) groups excluding carboxylic acids is 1. The molecule has 2 aromatic rings. The van der Waals surface area contributed by atoms with Gasteiger partial charge in [0.1, 0.15) is 34.1 Å². The molecule has 2 aromatic carbocycles. The minimum absolute atomic E-state index is 0.0214. The number of hydrogen-bond acceptors (Lipinski definition) is 6. The average Bonchev–Trinajstić information content (AvgIpc) is 2.42. The lowest BCUT2D eigenvalue weighted by atomic mass is 10.0. The molecule has 0 aliphatic heterocycles. The quantitative estimate of drug-likeness (QED) is 0.503. The molecule has 126 valence electrons. The van der Waals surface area contributed by atoms with Crippen molar-refractivity contribution < 1.29 is 34.8 Å². The lowest BCUT2D eigenvalue weighted by molar-refractivity contribution is 0.0692. The summed E-state index contributed by atoms with van der Waals surface area (Å²) in [6, 6.07) is 3.62. The van der Waals surface area contributed by atoms with E-state index in [0.717, 1.165) is 6.07 Å². The van der Waals surface area contributed by atoms with Crippen molar-refractivity contribution >= 4 is 11.9 Å². The third kappa shape index (κ3) is 2.96. The summed E-state index contributed by atoms with van der Waals surface area (Å²) in [5, 5.41) is 38.3. The van der Waals surface area contributed by atoms with Gasteiger partial charge in [0.2, 0.25) is 0 Å². The highest BCUT2D eigenvalue weighted by atomic mass is 16.5. The van der Waals surface area contributed by atoms with Crippen LogP contribution in [0.2, 0.25) is 0 Å². The van der Waals surface area contributed by atoms with Crippen LogP contribution in [0.4, 0.5) is 0 Å². The van der Waals surface area contributed by atoms with Gasteiger partial charge in [0.25, 0.3) is 0 Å². The second kappa shape index (κ2) is 6.11. The van der Waals surface area contributed by atoms with Crippen LogP contribution in [0.5, 0.6) is 23.0 Å². The number of benzene rings is 2. The Balaban J connectivity index is 2.46. The molecule has 0 bridgehead atoms. The number of aryl methyl sites for hydroxylation is 2. The van der Waals surface area contributed by atoms with E-state index >= 15 is 0 Å². The smallest absolute Gasteiger partial charge is 0.347 e. The third-order valence-electron chi connectivity index (χ3n) is 3.62. The van der Waals surface area contributed by atoms with Gasteiger partial charge in [-0.3, -0.25) is 0 Å². The van der Waals surface area contributed by atoms with Crippen LogP contribution in [0, 0.1) is 20.8 Å². The Hall–Kier alpha value is -3.22. The van der Waals surface area contributed by atoms with Crippen LogP contribution >= 0.6 is 0 Å². The minimum Gasteiger partial charge on any atom is -0.508 e. The number of aromatic hydroxyl groups is 3. The first-order chi connectivity index (χ1) is 11.1. The van der Waals surface area contributed by atoms with Crippen molar-refractivity contribution in [2.45, 2.75) is 20.8 Å². The summed E-state index contributed by atoms with van der Waals surface area (Å²) in [7, 11) is 0. The molecule has 0 aromatic heterocycles. The van der Waals surface area contributed by atoms with E-state index in [-0.39, 0.29) is 33.8 Å². The molecular weight excluding hydrogens is 316 g/mol. The Morgan fingerprint density at radius 3 is 2.04 bits per heavy atom. The van der Waals surface area contributed by atoms with Crippen molar-refractivity contribution in [3.63, 3.8) is 0 Å². The predicted octanol–water partition coefficient (Wildman–Crippen LogP) is 2.65. The molecule has 0 fully saturated rings. The number of phenols is 3. The maximum atomic E-state index is 12.3. The zero-order valence-corrected chi connectivity index (χ0v) is 13.2. The minimum atomic E-state index is -1.29. The van der Waals surface area contributed by atoms with Crippen LogP contribution in [-0.4, -0.2) is 32.4 Å². The number of carboxylic acid groups (broad SMARTS) is 1. The lowest BCUT2D eigenvalue weighted by Crippen LogP contribution is -2.12. The summed E-state index contributed by atoms with van der Waals surface area (Å²) in [6.45, 7) is 4.38. The van der Waals surface area contributed by atoms with E-state index in [1.807, 2.05) is 0 Å². The summed E-state index contributed by atoms with van der Waals surface area (Å²) in [5.74, 6) is -3.34. The van der Waals surface area contributed by atoms with E-state index in [9.17, 15) is 24.9 Å². The predicted molar refractivity (Wildman–Crippen MR) is 84.0 cm³/mol. The molecule has 0 aliphatic carbocycles. The number of hydrogen-bond donors (Lipinski definition) is 4. The molecule has 0 radical (unpaired) electrons.